The van der Waals surface area contributed by atoms with E-state index in [4.69, 9.17) is 0 Å². The second-order valence-electron chi connectivity index (χ2n) is 10.2. The third-order valence-electron chi connectivity index (χ3n) is 6.60. The first-order valence-electron chi connectivity index (χ1n) is 11.8. The number of carbonyl (C=O) groups excluding carboxylic acids is 2. The number of carbonyl (C=O) groups is 2. The molecule has 0 radical (unpaired) electrons. The average Bonchev–Trinajstić information content (AvgIpc) is 2.74. The third-order valence-corrected chi connectivity index (χ3v) is 8.86. The minimum atomic E-state index is -3.39. The highest BCUT2D eigenvalue weighted by Crippen LogP contribution is 2.28. The van der Waals surface area contributed by atoms with Gasteiger partial charge in [0.15, 0.2) is 0 Å². The second kappa shape index (κ2) is 10.3. The second-order valence-corrected chi connectivity index (χ2v) is 12.6. The normalized spacial score (nSPS) is 22.8. The van der Waals surface area contributed by atoms with Gasteiger partial charge in [0.25, 0.3) is 0 Å². The topological polar surface area (TPSA) is 104 Å². The summed E-state index contributed by atoms with van der Waals surface area (Å²) in [4.78, 5) is 25.3. The summed E-state index contributed by atoms with van der Waals surface area (Å²) in [6.45, 7) is 5.04. The Morgan fingerprint density at radius 2 is 1.31 bits per heavy atom. The van der Waals surface area contributed by atoms with E-state index in [-0.39, 0.29) is 29.7 Å². The first-order valence-corrected chi connectivity index (χ1v) is 13.3. The minimum Gasteiger partial charge on any atom is -0.326 e. The van der Waals surface area contributed by atoms with Gasteiger partial charge in [-0.15, -0.1) is 0 Å². The van der Waals surface area contributed by atoms with E-state index in [2.05, 4.69) is 15.4 Å². The lowest BCUT2D eigenvalue weighted by atomic mass is 9.86. The first kappa shape index (κ1) is 24.7. The number of hydrogen-bond acceptors (Lipinski definition) is 4. The van der Waals surface area contributed by atoms with E-state index in [0.29, 0.717) is 37.1 Å². The molecule has 1 aromatic rings. The largest absolute Gasteiger partial charge is 0.326 e. The summed E-state index contributed by atoms with van der Waals surface area (Å²) in [5.74, 6) is -0.0686. The van der Waals surface area contributed by atoms with Gasteiger partial charge in [-0.1, -0.05) is 25.3 Å². The Balaban J connectivity index is 1.50. The molecule has 0 aliphatic heterocycles. The van der Waals surface area contributed by atoms with Gasteiger partial charge in [0.1, 0.15) is 0 Å². The molecule has 0 heterocycles. The number of sulfonamides is 1. The van der Waals surface area contributed by atoms with Crippen molar-refractivity contribution in [2.75, 3.05) is 10.6 Å². The minimum absolute atomic E-state index is 0.0575. The average molecular weight is 464 g/mol. The molecule has 8 heteroatoms. The molecule has 2 saturated carbocycles. The van der Waals surface area contributed by atoms with E-state index in [1.54, 1.807) is 26.8 Å². The Hall–Kier alpha value is -1.93. The molecule has 0 aromatic heterocycles. The van der Waals surface area contributed by atoms with Gasteiger partial charge in [-0.2, -0.15) is 0 Å². The number of nitrogens with one attached hydrogen (secondary N) is 3. The van der Waals surface area contributed by atoms with Gasteiger partial charge >= 0.3 is 0 Å². The van der Waals surface area contributed by atoms with Crippen molar-refractivity contribution in [3.05, 3.63) is 24.3 Å². The predicted molar refractivity (Wildman–Crippen MR) is 128 cm³/mol. The number of hydrogen-bond donors (Lipinski definition) is 3. The van der Waals surface area contributed by atoms with Crippen molar-refractivity contribution in [3.63, 3.8) is 0 Å². The van der Waals surface area contributed by atoms with Crippen LogP contribution in [0.1, 0.15) is 78.6 Å². The highest BCUT2D eigenvalue weighted by Gasteiger charge is 2.34. The Labute approximate surface area is 192 Å². The first-order chi connectivity index (χ1) is 15.0. The summed E-state index contributed by atoms with van der Waals surface area (Å²) in [7, 11) is -3.39. The Kier molecular flexibility index (Phi) is 7.98. The molecule has 7 nitrogen and oxygen atoms in total. The Bertz CT molecular complexity index is 909. The van der Waals surface area contributed by atoms with Gasteiger partial charge in [0.2, 0.25) is 21.8 Å². The fourth-order valence-corrected chi connectivity index (χ4v) is 5.43. The van der Waals surface area contributed by atoms with Crippen LogP contribution >= 0.6 is 0 Å². The van der Waals surface area contributed by atoms with Crippen LogP contribution in [-0.4, -0.2) is 31.0 Å². The van der Waals surface area contributed by atoms with Crippen molar-refractivity contribution in [1.29, 1.82) is 0 Å². The molecule has 178 valence electrons. The molecule has 1 aromatic carbocycles. The van der Waals surface area contributed by atoms with E-state index >= 15 is 0 Å². The van der Waals surface area contributed by atoms with Crippen LogP contribution in [0.25, 0.3) is 0 Å². The maximum atomic E-state index is 12.8. The molecule has 0 saturated heterocycles. The van der Waals surface area contributed by atoms with Gasteiger partial charge in [0.05, 0.1) is 4.75 Å². The standard InChI is InChI=1S/C24H37N3O4S/c1-24(2,3)32(30,31)27-19-14-12-18(13-15-19)23(29)26-21-11-7-10-20(16-21)25-22(28)17-8-5-4-6-9-17/h7,10-11,16-19,27H,4-6,8-9,12-15H2,1-3H3,(H,25,28)(H,26,29)/t18-,19-. The number of amides is 2. The lowest BCUT2D eigenvalue weighted by Gasteiger charge is -2.30. The zero-order valence-corrected chi connectivity index (χ0v) is 20.3. The van der Waals surface area contributed by atoms with Crippen LogP contribution in [0.3, 0.4) is 0 Å². The highest BCUT2D eigenvalue weighted by atomic mass is 32.2. The van der Waals surface area contributed by atoms with Gasteiger partial charge in [-0.3, -0.25) is 9.59 Å². The summed E-state index contributed by atoms with van der Waals surface area (Å²) in [6.07, 6.45) is 7.86. The SMILES string of the molecule is CC(C)(C)S(=O)(=O)N[C@H]1CC[C@H](C(=O)Nc2cccc(NC(=O)C3CCCCC3)c2)CC1. The molecule has 3 N–H and O–H groups in total. The van der Waals surface area contributed by atoms with E-state index in [1.807, 2.05) is 18.2 Å². The molecule has 3 rings (SSSR count). The van der Waals surface area contributed by atoms with E-state index < -0.39 is 14.8 Å². The van der Waals surface area contributed by atoms with Gasteiger partial charge in [-0.25, -0.2) is 13.1 Å². The van der Waals surface area contributed by atoms with Crippen LogP contribution in [-0.2, 0) is 19.6 Å². The van der Waals surface area contributed by atoms with Crippen molar-refractivity contribution >= 4 is 33.2 Å². The molecule has 0 unspecified atom stereocenters. The number of rotatable bonds is 6. The molecule has 32 heavy (non-hydrogen) atoms. The number of anilines is 2. The van der Waals surface area contributed by atoms with E-state index in [1.165, 1.54) is 6.42 Å². The molecule has 2 aliphatic rings. The quantitative estimate of drug-likeness (QED) is 0.581. The third kappa shape index (κ3) is 6.54. The molecule has 0 bridgehead atoms. The maximum Gasteiger partial charge on any atom is 0.227 e. The molecule has 2 amide bonds. The molecular formula is C24H37N3O4S. The lowest BCUT2D eigenvalue weighted by molar-refractivity contribution is -0.121. The van der Waals surface area contributed by atoms with Crippen LogP contribution in [0, 0.1) is 11.8 Å². The molecule has 2 aliphatic carbocycles. The molecular weight excluding hydrogens is 426 g/mol. The summed E-state index contributed by atoms with van der Waals surface area (Å²) in [5, 5.41) is 5.95. The maximum absolute atomic E-state index is 12.8. The zero-order valence-electron chi connectivity index (χ0n) is 19.4. The van der Waals surface area contributed by atoms with E-state index in [9.17, 15) is 18.0 Å². The van der Waals surface area contributed by atoms with Gasteiger partial charge in [-0.05, 0) is 77.5 Å². The number of benzene rings is 1. The van der Waals surface area contributed by atoms with Crippen molar-refractivity contribution in [2.24, 2.45) is 11.8 Å². The molecule has 0 atom stereocenters. The fourth-order valence-electron chi connectivity index (χ4n) is 4.40. The lowest BCUT2D eigenvalue weighted by Crippen LogP contribution is -2.46. The monoisotopic (exact) mass is 463 g/mol. The fraction of sp³-hybridized carbons (Fsp3) is 0.667. The van der Waals surface area contributed by atoms with Crippen LogP contribution < -0.4 is 15.4 Å². The smallest absolute Gasteiger partial charge is 0.227 e. The van der Waals surface area contributed by atoms with Crippen LogP contribution in [0.4, 0.5) is 11.4 Å². The zero-order chi connectivity index (χ0) is 23.4. The summed E-state index contributed by atoms with van der Waals surface area (Å²) in [5.41, 5.74) is 1.35. The molecule has 0 spiro atoms. The Morgan fingerprint density at radius 3 is 1.81 bits per heavy atom. The summed E-state index contributed by atoms with van der Waals surface area (Å²) >= 11 is 0. The van der Waals surface area contributed by atoms with Crippen molar-refractivity contribution < 1.29 is 18.0 Å². The van der Waals surface area contributed by atoms with Crippen molar-refractivity contribution in [3.8, 4) is 0 Å². The van der Waals surface area contributed by atoms with Gasteiger partial charge < -0.3 is 10.6 Å². The van der Waals surface area contributed by atoms with Crippen LogP contribution in [0.15, 0.2) is 24.3 Å². The summed E-state index contributed by atoms with van der Waals surface area (Å²) < 4.78 is 26.7. The van der Waals surface area contributed by atoms with Gasteiger partial charge in [0, 0.05) is 29.3 Å². The van der Waals surface area contributed by atoms with Crippen molar-refractivity contribution in [2.45, 2.75) is 89.3 Å². The predicted octanol–water partition coefficient (Wildman–Crippen LogP) is 4.42. The van der Waals surface area contributed by atoms with Crippen molar-refractivity contribution in [1.82, 2.24) is 4.72 Å². The van der Waals surface area contributed by atoms with Crippen LogP contribution in [0.2, 0.25) is 0 Å². The summed E-state index contributed by atoms with van der Waals surface area (Å²) in [6, 6.07) is 7.15. The molecule has 2 fully saturated rings. The van der Waals surface area contributed by atoms with E-state index in [0.717, 1.165) is 25.7 Å². The Morgan fingerprint density at radius 1 is 0.812 bits per heavy atom. The highest BCUT2D eigenvalue weighted by molar-refractivity contribution is 7.90. The van der Waals surface area contributed by atoms with Crippen LogP contribution in [0.5, 0.6) is 0 Å².